The van der Waals surface area contributed by atoms with Crippen LogP contribution in [-0.4, -0.2) is 22.3 Å². The second kappa shape index (κ2) is 6.80. The van der Waals surface area contributed by atoms with Crippen LogP contribution in [0.25, 0.3) is 0 Å². The minimum Gasteiger partial charge on any atom is -0.273 e. The van der Waals surface area contributed by atoms with E-state index in [4.69, 9.17) is 0 Å². The number of benzene rings is 1. The van der Waals surface area contributed by atoms with Crippen molar-refractivity contribution in [3.63, 3.8) is 0 Å². The Balaban J connectivity index is 1.39. The average Bonchev–Trinajstić information content (AvgIpc) is 2.57. The van der Waals surface area contributed by atoms with Gasteiger partial charge in [0, 0.05) is 28.4 Å². The SMILES string of the molecule is C[S@@](=O)Cc1cccc(C(=O)NNC(=O)C23CC4CC(CC(C4)C2)C3)c1. The fraction of sp³-hybridized carbons (Fsp3) is 0.600. The lowest BCUT2D eigenvalue weighted by atomic mass is 9.49. The van der Waals surface area contributed by atoms with Crippen molar-refractivity contribution in [1.29, 1.82) is 0 Å². The molecule has 0 heterocycles. The number of carbonyl (C=O) groups is 2. The van der Waals surface area contributed by atoms with E-state index in [9.17, 15) is 13.8 Å². The summed E-state index contributed by atoms with van der Waals surface area (Å²) >= 11 is 0. The molecule has 4 bridgehead atoms. The summed E-state index contributed by atoms with van der Waals surface area (Å²) in [4.78, 5) is 25.3. The largest absolute Gasteiger partial charge is 0.273 e. The predicted molar refractivity (Wildman–Crippen MR) is 100 cm³/mol. The first-order chi connectivity index (χ1) is 12.4. The zero-order valence-corrected chi connectivity index (χ0v) is 15.9. The topological polar surface area (TPSA) is 75.3 Å². The molecule has 4 saturated carbocycles. The molecule has 5 nitrogen and oxygen atoms in total. The van der Waals surface area contributed by atoms with Crippen LogP contribution in [0.2, 0.25) is 0 Å². The third kappa shape index (κ3) is 3.43. The summed E-state index contributed by atoms with van der Waals surface area (Å²) in [5.41, 5.74) is 6.34. The molecule has 140 valence electrons. The van der Waals surface area contributed by atoms with E-state index >= 15 is 0 Å². The molecule has 2 N–H and O–H groups in total. The molecule has 6 heteroatoms. The van der Waals surface area contributed by atoms with Gasteiger partial charge in [0.2, 0.25) is 5.91 Å². The summed E-state index contributed by atoms with van der Waals surface area (Å²) in [5, 5.41) is 0. The van der Waals surface area contributed by atoms with E-state index in [1.165, 1.54) is 19.3 Å². The van der Waals surface area contributed by atoms with E-state index in [0.717, 1.165) is 24.8 Å². The van der Waals surface area contributed by atoms with E-state index < -0.39 is 10.8 Å². The molecule has 5 rings (SSSR count). The van der Waals surface area contributed by atoms with Gasteiger partial charge in [-0.15, -0.1) is 0 Å². The van der Waals surface area contributed by atoms with Gasteiger partial charge in [0.05, 0.1) is 5.41 Å². The van der Waals surface area contributed by atoms with Crippen molar-refractivity contribution in [3.05, 3.63) is 35.4 Å². The Morgan fingerprint density at radius 1 is 1.08 bits per heavy atom. The number of hydrogen-bond donors (Lipinski definition) is 2. The molecule has 0 unspecified atom stereocenters. The minimum absolute atomic E-state index is 0.0178. The Bertz CT molecular complexity index is 726. The van der Waals surface area contributed by atoms with Gasteiger partial charge in [0.15, 0.2) is 0 Å². The van der Waals surface area contributed by atoms with Crippen molar-refractivity contribution in [2.75, 3.05) is 6.26 Å². The highest BCUT2D eigenvalue weighted by Crippen LogP contribution is 2.60. The van der Waals surface area contributed by atoms with Crippen LogP contribution in [0.5, 0.6) is 0 Å². The fourth-order valence-corrected chi connectivity index (χ4v) is 6.39. The number of rotatable bonds is 4. The highest BCUT2D eigenvalue weighted by molar-refractivity contribution is 7.83. The quantitative estimate of drug-likeness (QED) is 0.796. The third-order valence-electron chi connectivity index (χ3n) is 6.37. The minimum atomic E-state index is -0.957. The summed E-state index contributed by atoms with van der Waals surface area (Å²) in [6, 6.07) is 7.06. The molecule has 4 aliphatic rings. The van der Waals surface area contributed by atoms with Gasteiger partial charge in [0.1, 0.15) is 0 Å². The van der Waals surface area contributed by atoms with Gasteiger partial charge >= 0.3 is 0 Å². The molecule has 0 saturated heterocycles. The zero-order valence-electron chi connectivity index (χ0n) is 15.1. The van der Waals surface area contributed by atoms with Gasteiger partial charge in [-0.25, -0.2) is 0 Å². The number of hydrazine groups is 1. The van der Waals surface area contributed by atoms with Crippen molar-refractivity contribution in [2.45, 2.75) is 44.3 Å². The molecule has 26 heavy (non-hydrogen) atoms. The van der Waals surface area contributed by atoms with Crippen LogP contribution in [-0.2, 0) is 21.3 Å². The van der Waals surface area contributed by atoms with Gasteiger partial charge in [0.25, 0.3) is 5.91 Å². The molecule has 4 fully saturated rings. The van der Waals surface area contributed by atoms with E-state index in [1.54, 1.807) is 24.5 Å². The molecule has 1 aromatic carbocycles. The Hall–Kier alpha value is -1.69. The van der Waals surface area contributed by atoms with E-state index in [1.807, 2.05) is 6.07 Å². The van der Waals surface area contributed by atoms with Crippen molar-refractivity contribution >= 4 is 22.6 Å². The monoisotopic (exact) mass is 374 g/mol. The van der Waals surface area contributed by atoms with E-state index in [2.05, 4.69) is 10.9 Å². The van der Waals surface area contributed by atoms with Crippen LogP contribution in [0.1, 0.15) is 54.4 Å². The summed E-state index contributed by atoms with van der Waals surface area (Å²) in [5.74, 6) is 2.14. The molecular formula is C20H26N2O3S. The molecule has 0 spiro atoms. The van der Waals surface area contributed by atoms with Crippen LogP contribution in [0.3, 0.4) is 0 Å². The molecule has 0 radical (unpaired) electrons. The summed E-state index contributed by atoms with van der Waals surface area (Å²) in [7, 11) is -0.957. The third-order valence-corrected chi connectivity index (χ3v) is 7.11. The first-order valence-electron chi connectivity index (χ1n) is 9.43. The lowest BCUT2D eigenvalue weighted by molar-refractivity contribution is -0.147. The van der Waals surface area contributed by atoms with Crippen LogP contribution in [0.4, 0.5) is 0 Å². The van der Waals surface area contributed by atoms with Crippen molar-refractivity contribution in [2.24, 2.45) is 23.2 Å². The van der Waals surface area contributed by atoms with Crippen molar-refractivity contribution in [1.82, 2.24) is 10.9 Å². The number of carbonyl (C=O) groups excluding carboxylic acids is 2. The Labute approximate surface area is 156 Å². The zero-order chi connectivity index (χ0) is 18.3. The van der Waals surface area contributed by atoms with Gasteiger partial charge in [-0.05, 0) is 74.0 Å². The lowest BCUT2D eigenvalue weighted by Crippen LogP contribution is -2.56. The molecule has 2 amide bonds. The van der Waals surface area contributed by atoms with Gasteiger partial charge in [-0.1, -0.05) is 12.1 Å². The first kappa shape index (κ1) is 17.7. The Morgan fingerprint density at radius 3 is 2.27 bits per heavy atom. The normalized spacial score (nSPS) is 32.9. The number of hydrogen-bond acceptors (Lipinski definition) is 3. The maximum atomic E-state index is 12.9. The van der Waals surface area contributed by atoms with E-state index in [-0.39, 0.29) is 17.2 Å². The molecule has 0 aromatic heterocycles. The second-order valence-electron chi connectivity index (χ2n) is 8.52. The van der Waals surface area contributed by atoms with E-state index in [0.29, 0.717) is 29.1 Å². The van der Waals surface area contributed by atoms with Gasteiger partial charge in [-0.2, -0.15) is 0 Å². The smallest absolute Gasteiger partial charge is 0.269 e. The average molecular weight is 375 g/mol. The van der Waals surface area contributed by atoms with Gasteiger partial charge < -0.3 is 0 Å². The van der Waals surface area contributed by atoms with Crippen LogP contribution in [0.15, 0.2) is 24.3 Å². The van der Waals surface area contributed by atoms with Crippen LogP contribution >= 0.6 is 0 Å². The van der Waals surface area contributed by atoms with Crippen LogP contribution in [0, 0.1) is 23.2 Å². The fourth-order valence-electron chi connectivity index (χ4n) is 5.74. The lowest BCUT2D eigenvalue weighted by Gasteiger charge is -2.55. The van der Waals surface area contributed by atoms with Gasteiger partial charge in [-0.3, -0.25) is 24.6 Å². The maximum Gasteiger partial charge on any atom is 0.269 e. The molecule has 4 aliphatic carbocycles. The standard InChI is InChI=1S/C20H26N2O3S/c1-26(25)12-13-3-2-4-17(8-13)18(23)21-22-19(24)20-9-14-5-15(10-20)7-16(6-14)11-20/h2-4,8,14-16H,5-7,9-12H2,1H3,(H,21,23)(H,22,24)/t14?,15?,16?,20?,26-/m1/s1. The Morgan fingerprint density at radius 2 is 1.69 bits per heavy atom. The highest BCUT2D eigenvalue weighted by atomic mass is 32.2. The van der Waals surface area contributed by atoms with Crippen LogP contribution < -0.4 is 10.9 Å². The second-order valence-corrected chi connectivity index (χ2v) is 9.96. The number of amides is 2. The predicted octanol–water partition coefficient (Wildman–Crippen LogP) is 2.54. The summed E-state index contributed by atoms with van der Waals surface area (Å²) < 4.78 is 11.4. The maximum absolute atomic E-state index is 12.9. The first-order valence-corrected chi connectivity index (χ1v) is 11.2. The molecular weight excluding hydrogens is 348 g/mol. The highest BCUT2D eigenvalue weighted by Gasteiger charge is 2.54. The molecule has 0 aliphatic heterocycles. The number of nitrogens with one attached hydrogen (secondary N) is 2. The summed E-state index contributed by atoms with van der Waals surface area (Å²) in [6.45, 7) is 0. The molecule has 1 aromatic rings. The van der Waals surface area contributed by atoms with Crippen molar-refractivity contribution in [3.8, 4) is 0 Å². The molecule has 1 atom stereocenters. The van der Waals surface area contributed by atoms with Crippen molar-refractivity contribution < 1.29 is 13.8 Å². The summed E-state index contributed by atoms with van der Waals surface area (Å²) in [6.07, 6.45) is 8.40. The Kier molecular flexibility index (Phi) is 4.63.